The van der Waals surface area contributed by atoms with Gasteiger partial charge in [-0.05, 0) is 23.3 Å². The number of hydrogen-bond acceptors (Lipinski definition) is 5. The number of nitrogens with zero attached hydrogens (tertiary/aromatic N) is 1. The van der Waals surface area contributed by atoms with E-state index in [-0.39, 0.29) is 0 Å². The summed E-state index contributed by atoms with van der Waals surface area (Å²) in [4.78, 5) is 20.6. The lowest BCUT2D eigenvalue weighted by atomic mass is 10.1. The molecule has 1 heterocycles. The van der Waals surface area contributed by atoms with Crippen molar-refractivity contribution in [2.24, 2.45) is 0 Å². The minimum atomic E-state index is -1.82. The zero-order valence-electron chi connectivity index (χ0n) is 15.0. The molecule has 1 aliphatic heterocycles. The molecule has 2 aromatic carbocycles. The minimum Gasteiger partial charge on any atom is -0.492 e. The summed E-state index contributed by atoms with van der Waals surface area (Å²) in [5.74, 6) is -2.70. The number of carbonyl (C=O) groups is 2. The van der Waals surface area contributed by atoms with Gasteiger partial charge in [0.2, 0.25) is 0 Å². The van der Waals surface area contributed by atoms with Crippen LogP contribution in [0.2, 0.25) is 0 Å². The van der Waals surface area contributed by atoms with Crippen LogP contribution in [0, 0.1) is 0 Å². The Morgan fingerprint density at radius 2 is 1.44 bits per heavy atom. The highest BCUT2D eigenvalue weighted by Crippen LogP contribution is 2.21. The largest absolute Gasteiger partial charge is 0.492 e. The predicted octanol–water partition coefficient (Wildman–Crippen LogP) is 1.79. The van der Waals surface area contributed by atoms with Crippen molar-refractivity contribution in [2.45, 2.75) is 0 Å². The third kappa shape index (κ3) is 7.47. The summed E-state index contributed by atoms with van der Waals surface area (Å²) < 4.78 is 5.84. The minimum absolute atomic E-state index is 0.755. The maximum atomic E-state index is 9.10. The smallest absolute Gasteiger partial charge is 0.414 e. The van der Waals surface area contributed by atoms with E-state index in [4.69, 9.17) is 24.5 Å². The van der Waals surface area contributed by atoms with E-state index in [1.165, 1.54) is 11.1 Å². The zero-order chi connectivity index (χ0) is 19.5. The monoisotopic (exact) mass is 372 g/mol. The second-order valence-corrected chi connectivity index (χ2v) is 5.94. The Hall–Kier alpha value is -2.90. The molecule has 0 saturated carbocycles. The van der Waals surface area contributed by atoms with Crippen LogP contribution in [0.3, 0.4) is 0 Å². The van der Waals surface area contributed by atoms with Gasteiger partial charge in [0.15, 0.2) is 0 Å². The van der Waals surface area contributed by atoms with Crippen molar-refractivity contribution in [1.82, 2.24) is 10.2 Å². The molecule has 144 valence electrons. The summed E-state index contributed by atoms with van der Waals surface area (Å²) in [7, 11) is 0. The molecule has 0 atom stereocenters. The molecule has 1 aliphatic rings. The Morgan fingerprint density at radius 3 is 2.00 bits per heavy atom. The first-order chi connectivity index (χ1) is 13.1. The molecule has 0 unspecified atom stereocenters. The Morgan fingerprint density at radius 1 is 0.889 bits per heavy atom. The molecular formula is C20H24N2O5. The molecule has 0 bridgehead atoms. The Balaban J connectivity index is 0.000000380. The normalized spacial score (nSPS) is 13.9. The molecule has 0 spiro atoms. The lowest BCUT2D eigenvalue weighted by Crippen LogP contribution is -2.44. The number of ether oxygens (including phenoxy) is 1. The van der Waals surface area contributed by atoms with Crippen LogP contribution in [0.1, 0.15) is 0 Å². The van der Waals surface area contributed by atoms with Gasteiger partial charge in [0, 0.05) is 32.7 Å². The highest BCUT2D eigenvalue weighted by Gasteiger charge is 2.08. The van der Waals surface area contributed by atoms with Gasteiger partial charge in [-0.1, -0.05) is 42.5 Å². The number of benzene rings is 2. The van der Waals surface area contributed by atoms with Crippen LogP contribution in [-0.2, 0) is 9.59 Å². The summed E-state index contributed by atoms with van der Waals surface area (Å²) in [6, 6.07) is 18.8. The molecule has 1 fully saturated rings. The van der Waals surface area contributed by atoms with E-state index in [0.717, 1.165) is 45.1 Å². The Kier molecular flexibility index (Phi) is 8.28. The Bertz CT molecular complexity index is 701. The molecule has 0 radical (unpaired) electrons. The molecular weight excluding hydrogens is 348 g/mol. The molecule has 7 heteroatoms. The van der Waals surface area contributed by atoms with Crippen LogP contribution in [0.15, 0.2) is 54.6 Å². The van der Waals surface area contributed by atoms with E-state index < -0.39 is 11.9 Å². The van der Waals surface area contributed by atoms with Gasteiger partial charge in [-0.3, -0.25) is 4.90 Å². The average Bonchev–Trinajstić information content (AvgIpc) is 2.70. The second kappa shape index (κ2) is 10.9. The fraction of sp³-hybridized carbons (Fsp3) is 0.300. The van der Waals surface area contributed by atoms with E-state index >= 15 is 0 Å². The molecule has 2 aromatic rings. The third-order valence-electron chi connectivity index (χ3n) is 4.03. The van der Waals surface area contributed by atoms with Crippen molar-refractivity contribution in [1.29, 1.82) is 0 Å². The molecule has 1 saturated heterocycles. The SMILES string of the molecule is O=C(O)C(=O)O.c1ccc(-c2ccc(OCCN3CCNCC3)cc2)cc1. The molecule has 3 rings (SSSR count). The van der Waals surface area contributed by atoms with Gasteiger partial charge >= 0.3 is 11.9 Å². The van der Waals surface area contributed by atoms with Gasteiger partial charge < -0.3 is 20.3 Å². The third-order valence-corrected chi connectivity index (χ3v) is 4.03. The Labute approximate surface area is 158 Å². The van der Waals surface area contributed by atoms with Crippen LogP contribution in [-0.4, -0.2) is 66.4 Å². The first-order valence-electron chi connectivity index (χ1n) is 8.74. The summed E-state index contributed by atoms with van der Waals surface area (Å²) in [6.07, 6.45) is 0. The number of aliphatic carboxylic acids is 2. The fourth-order valence-electron chi connectivity index (χ4n) is 2.60. The van der Waals surface area contributed by atoms with Gasteiger partial charge in [0.25, 0.3) is 0 Å². The van der Waals surface area contributed by atoms with E-state index in [1.54, 1.807) is 0 Å². The highest BCUT2D eigenvalue weighted by molar-refractivity contribution is 6.27. The fourth-order valence-corrected chi connectivity index (χ4v) is 2.60. The lowest BCUT2D eigenvalue weighted by molar-refractivity contribution is -0.159. The summed E-state index contributed by atoms with van der Waals surface area (Å²) in [5.41, 5.74) is 2.47. The van der Waals surface area contributed by atoms with Crippen molar-refractivity contribution in [3.05, 3.63) is 54.6 Å². The first kappa shape index (κ1) is 20.4. The number of hydrogen-bond donors (Lipinski definition) is 3. The maximum absolute atomic E-state index is 9.10. The van der Waals surface area contributed by atoms with Crippen molar-refractivity contribution in [3.8, 4) is 16.9 Å². The van der Waals surface area contributed by atoms with Crippen molar-refractivity contribution in [3.63, 3.8) is 0 Å². The number of rotatable bonds is 5. The summed E-state index contributed by atoms with van der Waals surface area (Å²) >= 11 is 0. The molecule has 27 heavy (non-hydrogen) atoms. The van der Waals surface area contributed by atoms with Gasteiger partial charge in [0.1, 0.15) is 12.4 Å². The number of carboxylic acid groups (broad SMARTS) is 2. The molecule has 3 N–H and O–H groups in total. The van der Waals surface area contributed by atoms with E-state index in [9.17, 15) is 0 Å². The maximum Gasteiger partial charge on any atom is 0.414 e. The molecule has 0 amide bonds. The van der Waals surface area contributed by atoms with Crippen LogP contribution in [0.5, 0.6) is 5.75 Å². The predicted molar refractivity (Wildman–Crippen MR) is 102 cm³/mol. The van der Waals surface area contributed by atoms with E-state index in [0.29, 0.717) is 0 Å². The van der Waals surface area contributed by atoms with Crippen LogP contribution >= 0.6 is 0 Å². The van der Waals surface area contributed by atoms with Crippen molar-refractivity contribution in [2.75, 3.05) is 39.3 Å². The van der Waals surface area contributed by atoms with Crippen LogP contribution in [0.4, 0.5) is 0 Å². The van der Waals surface area contributed by atoms with E-state index in [1.807, 2.05) is 6.07 Å². The van der Waals surface area contributed by atoms with Crippen LogP contribution < -0.4 is 10.1 Å². The van der Waals surface area contributed by atoms with E-state index in [2.05, 4.69) is 58.7 Å². The van der Waals surface area contributed by atoms with Gasteiger partial charge in [-0.15, -0.1) is 0 Å². The molecule has 0 aliphatic carbocycles. The number of piperazine rings is 1. The molecule has 7 nitrogen and oxygen atoms in total. The number of nitrogens with one attached hydrogen (secondary N) is 1. The summed E-state index contributed by atoms with van der Waals surface area (Å²) in [5, 5.41) is 18.1. The summed E-state index contributed by atoms with van der Waals surface area (Å²) in [6.45, 7) is 6.18. The lowest BCUT2D eigenvalue weighted by Gasteiger charge is -2.26. The van der Waals surface area contributed by atoms with Crippen molar-refractivity contribution >= 4 is 11.9 Å². The average molecular weight is 372 g/mol. The van der Waals surface area contributed by atoms with Gasteiger partial charge in [-0.2, -0.15) is 0 Å². The second-order valence-electron chi connectivity index (χ2n) is 5.94. The highest BCUT2D eigenvalue weighted by atomic mass is 16.5. The van der Waals surface area contributed by atoms with Crippen LogP contribution in [0.25, 0.3) is 11.1 Å². The topological polar surface area (TPSA) is 99.1 Å². The standard InChI is InChI=1S/C18H22N2O.C2H2O4/c1-2-4-16(5-3-1)17-6-8-18(9-7-17)21-15-14-20-12-10-19-11-13-20;3-1(4)2(5)6/h1-9,19H,10-15H2;(H,3,4)(H,5,6). The number of carboxylic acids is 2. The van der Waals surface area contributed by atoms with Gasteiger partial charge in [0.05, 0.1) is 0 Å². The molecule has 0 aromatic heterocycles. The quantitative estimate of drug-likeness (QED) is 0.688. The van der Waals surface area contributed by atoms with Gasteiger partial charge in [-0.25, -0.2) is 9.59 Å². The first-order valence-corrected chi connectivity index (χ1v) is 8.74. The zero-order valence-corrected chi connectivity index (χ0v) is 15.0. The van der Waals surface area contributed by atoms with Crippen molar-refractivity contribution < 1.29 is 24.5 Å².